The van der Waals surface area contributed by atoms with E-state index in [0.717, 1.165) is 4.90 Å². The van der Waals surface area contributed by atoms with Crippen molar-refractivity contribution in [3.05, 3.63) is 35.4 Å². The van der Waals surface area contributed by atoms with Gasteiger partial charge in [-0.05, 0) is 26.0 Å². The minimum Gasteiger partial charge on any atom is -0.389 e. The second-order valence-electron chi connectivity index (χ2n) is 5.33. The zero-order valence-electron chi connectivity index (χ0n) is 11.3. The minimum atomic E-state index is -1.04. The fourth-order valence-electron chi connectivity index (χ4n) is 1.90. The fourth-order valence-corrected chi connectivity index (χ4v) is 1.90. The third-order valence-corrected chi connectivity index (χ3v) is 2.90. The van der Waals surface area contributed by atoms with Crippen LogP contribution in [-0.2, 0) is 4.79 Å². The molecule has 0 saturated heterocycles. The molecule has 1 aromatic carbocycles. The van der Waals surface area contributed by atoms with Crippen LogP contribution in [0.2, 0.25) is 0 Å². The van der Waals surface area contributed by atoms with Crippen LogP contribution >= 0.6 is 0 Å². The fraction of sp³-hybridized carbons (Fsp3) is 0.357. The Morgan fingerprint density at radius 1 is 1.20 bits per heavy atom. The second-order valence-corrected chi connectivity index (χ2v) is 5.33. The van der Waals surface area contributed by atoms with Gasteiger partial charge in [-0.3, -0.25) is 19.3 Å². The van der Waals surface area contributed by atoms with Gasteiger partial charge in [0.1, 0.15) is 6.54 Å². The van der Waals surface area contributed by atoms with Crippen LogP contribution in [0.5, 0.6) is 0 Å². The van der Waals surface area contributed by atoms with E-state index in [0.29, 0.717) is 11.1 Å². The Labute approximate surface area is 116 Å². The van der Waals surface area contributed by atoms with Crippen LogP contribution in [0.4, 0.5) is 0 Å². The molecular formula is C14H16N2O4. The first-order valence-corrected chi connectivity index (χ1v) is 6.24. The number of carbonyl (C=O) groups is 3. The van der Waals surface area contributed by atoms with Gasteiger partial charge in [0.05, 0.1) is 16.7 Å². The molecule has 6 nitrogen and oxygen atoms in total. The Morgan fingerprint density at radius 3 is 2.15 bits per heavy atom. The van der Waals surface area contributed by atoms with Crippen LogP contribution < -0.4 is 5.32 Å². The van der Waals surface area contributed by atoms with Crippen molar-refractivity contribution >= 4 is 17.7 Å². The van der Waals surface area contributed by atoms with E-state index in [2.05, 4.69) is 5.32 Å². The number of imide groups is 1. The number of hydrogen-bond acceptors (Lipinski definition) is 4. The third kappa shape index (κ3) is 2.85. The predicted octanol–water partition coefficient (Wildman–Crippen LogP) is 0.170. The smallest absolute Gasteiger partial charge is 0.262 e. The summed E-state index contributed by atoms with van der Waals surface area (Å²) in [7, 11) is 0. The molecule has 0 unspecified atom stereocenters. The predicted molar refractivity (Wildman–Crippen MR) is 71.1 cm³/mol. The number of hydrogen-bond donors (Lipinski definition) is 2. The number of nitrogens with zero attached hydrogens (tertiary/aromatic N) is 1. The highest BCUT2D eigenvalue weighted by Gasteiger charge is 2.36. The molecule has 1 aliphatic rings. The lowest BCUT2D eigenvalue weighted by atomic mass is 10.1. The molecule has 0 atom stereocenters. The molecule has 2 N–H and O–H groups in total. The number of carbonyl (C=O) groups excluding carboxylic acids is 3. The summed E-state index contributed by atoms with van der Waals surface area (Å²) in [4.78, 5) is 36.7. The van der Waals surface area contributed by atoms with Crippen LogP contribution in [-0.4, -0.2) is 46.4 Å². The molecule has 0 saturated carbocycles. The van der Waals surface area contributed by atoms with Gasteiger partial charge in [0.25, 0.3) is 11.8 Å². The number of nitrogens with one attached hydrogen (secondary N) is 1. The van der Waals surface area contributed by atoms with E-state index in [1.807, 2.05) is 0 Å². The largest absolute Gasteiger partial charge is 0.389 e. The van der Waals surface area contributed by atoms with E-state index in [-0.39, 0.29) is 13.1 Å². The maximum Gasteiger partial charge on any atom is 0.262 e. The van der Waals surface area contributed by atoms with Crippen molar-refractivity contribution in [1.29, 1.82) is 0 Å². The number of benzene rings is 1. The average Bonchev–Trinajstić information content (AvgIpc) is 2.62. The molecule has 0 fully saturated rings. The van der Waals surface area contributed by atoms with E-state index >= 15 is 0 Å². The number of rotatable bonds is 4. The minimum absolute atomic E-state index is 0.0506. The molecule has 0 aliphatic carbocycles. The number of amides is 3. The van der Waals surface area contributed by atoms with E-state index in [4.69, 9.17) is 0 Å². The van der Waals surface area contributed by atoms with Crippen molar-refractivity contribution in [3.8, 4) is 0 Å². The van der Waals surface area contributed by atoms with E-state index in [1.165, 1.54) is 0 Å². The molecule has 1 heterocycles. The quantitative estimate of drug-likeness (QED) is 0.767. The normalized spacial score (nSPS) is 14.4. The average molecular weight is 276 g/mol. The first kappa shape index (κ1) is 14.2. The molecule has 1 aliphatic heterocycles. The number of fused-ring (bicyclic) bond motifs is 1. The molecule has 1 aromatic rings. The van der Waals surface area contributed by atoms with Crippen molar-refractivity contribution in [2.45, 2.75) is 19.4 Å². The first-order chi connectivity index (χ1) is 9.29. The summed E-state index contributed by atoms with van der Waals surface area (Å²) >= 11 is 0. The molecule has 106 valence electrons. The van der Waals surface area contributed by atoms with Crippen LogP contribution in [0.25, 0.3) is 0 Å². The Morgan fingerprint density at radius 2 is 1.70 bits per heavy atom. The van der Waals surface area contributed by atoms with Gasteiger partial charge in [0, 0.05) is 6.54 Å². The summed E-state index contributed by atoms with van der Waals surface area (Å²) in [5.41, 5.74) is -0.418. The molecule has 3 amide bonds. The molecular weight excluding hydrogens is 260 g/mol. The van der Waals surface area contributed by atoms with Crippen molar-refractivity contribution < 1.29 is 19.5 Å². The second kappa shape index (κ2) is 5.05. The lowest BCUT2D eigenvalue weighted by Crippen LogP contribution is -2.44. The molecule has 2 rings (SSSR count). The Kier molecular flexibility index (Phi) is 3.59. The maximum absolute atomic E-state index is 12.0. The van der Waals surface area contributed by atoms with Crippen LogP contribution in [0.3, 0.4) is 0 Å². The lowest BCUT2D eigenvalue weighted by Gasteiger charge is -2.19. The third-order valence-electron chi connectivity index (χ3n) is 2.90. The Bertz CT molecular complexity index is 540. The van der Waals surface area contributed by atoms with E-state index < -0.39 is 23.3 Å². The van der Waals surface area contributed by atoms with Crippen molar-refractivity contribution in [1.82, 2.24) is 10.2 Å². The van der Waals surface area contributed by atoms with Crippen molar-refractivity contribution in [2.75, 3.05) is 13.1 Å². The van der Waals surface area contributed by atoms with Gasteiger partial charge in [-0.15, -0.1) is 0 Å². The van der Waals surface area contributed by atoms with Gasteiger partial charge in [-0.1, -0.05) is 12.1 Å². The standard InChI is InChI=1S/C14H16N2O4/c1-14(2,20)8-15-11(17)7-16-12(18)9-5-3-4-6-10(9)13(16)19/h3-6,20H,7-8H2,1-2H3,(H,15,17). The zero-order chi connectivity index (χ0) is 14.9. The van der Waals surface area contributed by atoms with Crippen LogP contribution in [0.1, 0.15) is 34.6 Å². The molecule has 6 heteroatoms. The van der Waals surface area contributed by atoms with E-state index in [1.54, 1.807) is 38.1 Å². The molecule has 0 spiro atoms. The van der Waals surface area contributed by atoms with Crippen molar-refractivity contribution in [2.24, 2.45) is 0 Å². The highest BCUT2D eigenvalue weighted by atomic mass is 16.3. The highest BCUT2D eigenvalue weighted by molar-refractivity contribution is 6.22. The topological polar surface area (TPSA) is 86.7 Å². The molecule has 0 bridgehead atoms. The number of aliphatic hydroxyl groups is 1. The monoisotopic (exact) mass is 276 g/mol. The summed E-state index contributed by atoms with van der Waals surface area (Å²) in [5, 5.41) is 12.0. The van der Waals surface area contributed by atoms with Gasteiger partial charge in [-0.25, -0.2) is 0 Å². The van der Waals surface area contributed by atoms with Crippen LogP contribution in [0.15, 0.2) is 24.3 Å². The van der Waals surface area contributed by atoms with Gasteiger partial charge in [0.2, 0.25) is 5.91 Å². The van der Waals surface area contributed by atoms with E-state index in [9.17, 15) is 19.5 Å². The Balaban J connectivity index is 2.04. The summed E-state index contributed by atoms with van der Waals surface area (Å²) in [5.74, 6) is -1.42. The molecule has 0 aromatic heterocycles. The molecule has 20 heavy (non-hydrogen) atoms. The van der Waals surface area contributed by atoms with Gasteiger partial charge < -0.3 is 10.4 Å². The van der Waals surface area contributed by atoms with Gasteiger partial charge >= 0.3 is 0 Å². The summed E-state index contributed by atoms with van der Waals surface area (Å²) < 4.78 is 0. The lowest BCUT2D eigenvalue weighted by molar-refractivity contribution is -0.122. The SMILES string of the molecule is CC(C)(O)CNC(=O)CN1C(=O)c2ccccc2C1=O. The highest BCUT2D eigenvalue weighted by Crippen LogP contribution is 2.21. The van der Waals surface area contributed by atoms with Gasteiger partial charge in [0.15, 0.2) is 0 Å². The van der Waals surface area contributed by atoms with Crippen LogP contribution in [0, 0.1) is 0 Å². The summed E-state index contributed by atoms with van der Waals surface area (Å²) in [6.07, 6.45) is 0. The Hall–Kier alpha value is -2.21. The summed E-state index contributed by atoms with van der Waals surface area (Å²) in [6.45, 7) is 2.81. The first-order valence-electron chi connectivity index (χ1n) is 6.24. The maximum atomic E-state index is 12.0. The van der Waals surface area contributed by atoms with Gasteiger partial charge in [-0.2, -0.15) is 0 Å². The molecule has 0 radical (unpaired) electrons. The van der Waals surface area contributed by atoms with Crippen molar-refractivity contribution in [3.63, 3.8) is 0 Å². The summed E-state index contributed by atoms with van der Waals surface area (Å²) in [6, 6.07) is 6.46. The zero-order valence-corrected chi connectivity index (χ0v) is 11.3.